The number of nitrogens with one attached hydrogen (secondary N) is 1. The first-order valence-corrected chi connectivity index (χ1v) is 7.62. The molecule has 0 aliphatic carbocycles. The molecule has 8 nitrogen and oxygen atoms in total. The summed E-state index contributed by atoms with van der Waals surface area (Å²) in [5, 5.41) is 14.0. The first-order valence-electron chi connectivity index (χ1n) is 7.62. The third-order valence-electron chi connectivity index (χ3n) is 3.56. The SMILES string of the molecule is O=C(NCCc1cnccn1)C(Cc1ccccc1)n1cnnn1. The molecule has 0 spiro atoms. The van der Waals surface area contributed by atoms with E-state index in [1.807, 2.05) is 30.3 Å². The molecule has 1 amide bonds. The number of aromatic nitrogens is 6. The highest BCUT2D eigenvalue weighted by Crippen LogP contribution is 2.13. The number of carbonyl (C=O) groups is 1. The quantitative estimate of drug-likeness (QED) is 0.684. The molecule has 24 heavy (non-hydrogen) atoms. The Labute approximate surface area is 139 Å². The Bertz CT molecular complexity index is 747. The van der Waals surface area contributed by atoms with Crippen molar-refractivity contribution in [1.29, 1.82) is 0 Å². The van der Waals surface area contributed by atoms with Crippen LogP contribution in [0.2, 0.25) is 0 Å². The van der Waals surface area contributed by atoms with Crippen molar-refractivity contribution in [2.24, 2.45) is 0 Å². The molecule has 1 aromatic carbocycles. The fraction of sp³-hybridized carbons (Fsp3) is 0.250. The third kappa shape index (κ3) is 4.19. The molecule has 1 N–H and O–H groups in total. The van der Waals surface area contributed by atoms with Crippen LogP contribution in [0, 0.1) is 0 Å². The zero-order valence-corrected chi connectivity index (χ0v) is 13.0. The van der Waals surface area contributed by atoms with Gasteiger partial charge in [-0.1, -0.05) is 30.3 Å². The van der Waals surface area contributed by atoms with Crippen LogP contribution in [-0.2, 0) is 17.6 Å². The standard InChI is InChI=1S/C16H17N7O/c24-16(19-7-6-14-11-17-8-9-18-14)15(23-12-20-21-22-23)10-13-4-2-1-3-5-13/h1-5,8-9,11-12,15H,6-7,10H2,(H,19,24). The average Bonchev–Trinajstić information content (AvgIpc) is 3.16. The summed E-state index contributed by atoms with van der Waals surface area (Å²) < 4.78 is 1.48. The van der Waals surface area contributed by atoms with Crippen LogP contribution in [0.1, 0.15) is 17.3 Å². The minimum atomic E-state index is -0.496. The number of hydrogen-bond acceptors (Lipinski definition) is 6. The van der Waals surface area contributed by atoms with Crippen molar-refractivity contribution >= 4 is 5.91 Å². The fourth-order valence-electron chi connectivity index (χ4n) is 2.35. The molecule has 3 rings (SSSR count). The topological polar surface area (TPSA) is 98.5 Å². The van der Waals surface area contributed by atoms with Crippen molar-refractivity contribution in [3.63, 3.8) is 0 Å². The number of tetrazole rings is 1. The molecule has 0 aliphatic heterocycles. The Hall–Kier alpha value is -3.16. The van der Waals surface area contributed by atoms with E-state index in [1.54, 1.807) is 18.6 Å². The molecule has 0 bridgehead atoms. The van der Waals surface area contributed by atoms with Gasteiger partial charge < -0.3 is 5.32 Å². The molecule has 122 valence electrons. The maximum Gasteiger partial charge on any atom is 0.245 e. The van der Waals surface area contributed by atoms with E-state index < -0.39 is 6.04 Å². The summed E-state index contributed by atoms with van der Waals surface area (Å²) in [5.41, 5.74) is 1.88. The van der Waals surface area contributed by atoms with Gasteiger partial charge in [-0.25, -0.2) is 4.68 Å². The molecular formula is C16H17N7O. The van der Waals surface area contributed by atoms with Gasteiger partial charge in [0.1, 0.15) is 12.4 Å². The largest absolute Gasteiger partial charge is 0.354 e. The van der Waals surface area contributed by atoms with Crippen molar-refractivity contribution in [2.45, 2.75) is 18.9 Å². The summed E-state index contributed by atoms with van der Waals surface area (Å²) in [4.78, 5) is 20.8. The van der Waals surface area contributed by atoms with Gasteiger partial charge in [-0.15, -0.1) is 5.10 Å². The third-order valence-corrected chi connectivity index (χ3v) is 3.56. The highest BCUT2D eigenvalue weighted by atomic mass is 16.2. The highest BCUT2D eigenvalue weighted by molar-refractivity contribution is 5.80. The molecule has 0 radical (unpaired) electrons. The van der Waals surface area contributed by atoms with Crippen molar-refractivity contribution in [2.75, 3.05) is 6.54 Å². The molecule has 1 unspecified atom stereocenters. The van der Waals surface area contributed by atoms with Crippen LogP contribution in [-0.4, -0.2) is 42.6 Å². The van der Waals surface area contributed by atoms with E-state index in [9.17, 15) is 4.79 Å². The van der Waals surface area contributed by atoms with Gasteiger partial charge in [0.15, 0.2) is 0 Å². The first kappa shape index (κ1) is 15.7. The summed E-state index contributed by atoms with van der Waals surface area (Å²) in [6, 6.07) is 9.28. The van der Waals surface area contributed by atoms with Gasteiger partial charge in [-0.2, -0.15) is 0 Å². The summed E-state index contributed by atoms with van der Waals surface area (Å²) >= 11 is 0. The molecule has 0 saturated heterocycles. The lowest BCUT2D eigenvalue weighted by atomic mass is 10.1. The van der Waals surface area contributed by atoms with Crippen LogP contribution >= 0.6 is 0 Å². The molecule has 2 heterocycles. The zero-order chi connectivity index (χ0) is 16.6. The molecular weight excluding hydrogens is 306 g/mol. The number of amides is 1. The van der Waals surface area contributed by atoms with Crippen molar-refractivity contribution < 1.29 is 4.79 Å². The first-order chi connectivity index (χ1) is 11.8. The predicted molar refractivity (Wildman–Crippen MR) is 85.7 cm³/mol. The van der Waals surface area contributed by atoms with Gasteiger partial charge in [0.25, 0.3) is 0 Å². The Kier molecular flexibility index (Phi) is 5.18. The fourth-order valence-corrected chi connectivity index (χ4v) is 2.35. The molecule has 0 aliphatic rings. The summed E-state index contributed by atoms with van der Waals surface area (Å²) in [6.07, 6.45) is 7.53. The van der Waals surface area contributed by atoms with E-state index >= 15 is 0 Å². The molecule has 1 atom stereocenters. The normalized spacial score (nSPS) is 11.8. The second-order valence-electron chi connectivity index (χ2n) is 5.23. The Morgan fingerprint density at radius 3 is 2.79 bits per heavy atom. The number of rotatable bonds is 7. The van der Waals surface area contributed by atoms with Crippen LogP contribution in [0.4, 0.5) is 0 Å². The minimum Gasteiger partial charge on any atom is -0.354 e. The summed E-state index contributed by atoms with van der Waals surface area (Å²) in [6.45, 7) is 0.477. The van der Waals surface area contributed by atoms with E-state index in [2.05, 4.69) is 30.8 Å². The second-order valence-corrected chi connectivity index (χ2v) is 5.23. The zero-order valence-electron chi connectivity index (χ0n) is 13.0. The predicted octanol–water partition coefficient (Wildman–Crippen LogP) is 0.606. The van der Waals surface area contributed by atoms with Gasteiger partial charge in [0, 0.05) is 38.0 Å². The van der Waals surface area contributed by atoms with E-state index in [1.165, 1.54) is 11.0 Å². The van der Waals surface area contributed by atoms with Gasteiger partial charge in [0.05, 0.1) is 5.69 Å². The van der Waals surface area contributed by atoms with Gasteiger partial charge in [-0.05, 0) is 16.0 Å². The van der Waals surface area contributed by atoms with E-state index in [0.717, 1.165) is 11.3 Å². The lowest BCUT2D eigenvalue weighted by Crippen LogP contribution is -2.35. The summed E-state index contributed by atoms with van der Waals surface area (Å²) in [5.74, 6) is -0.130. The monoisotopic (exact) mass is 323 g/mol. The molecule has 2 aromatic heterocycles. The van der Waals surface area contributed by atoms with Crippen molar-refractivity contribution in [1.82, 2.24) is 35.5 Å². The second kappa shape index (κ2) is 7.91. The maximum absolute atomic E-state index is 12.6. The lowest BCUT2D eigenvalue weighted by Gasteiger charge is -2.16. The number of carbonyl (C=O) groups excluding carboxylic acids is 1. The maximum atomic E-state index is 12.6. The van der Waals surface area contributed by atoms with E-state index in [4.69, 9.17) is 0 Å². The molecule has 3 aromatic rings. The van der Waals surface area contributed by atoms with Crippen LogP contribution < -0.4 is 5.32 Å². The van der Waals surface area contributed by atoms with Crippen LogP contribution in [0.25, 0.3) is 0 Å². The van der Waals surface area contributed by atoms with Crippen molar-refractivity contribution in [3.8, 4) is 0 Å². The molecule has 0 saturated carbocycles. The van der Waals surface area contributed by atoms with E-state index in [0.29, 0.717) is 19.4 Å². The average molecular weight is 323 g/mol. The van der Waals surface area contributed by atoms with Crippen molar-refractivity contribution in [3.05, 3.63) is 66.5 Å². The lowest BCUT2D eigenvalue weighted by molar-refractivity contribution is -0.124. The van der Waals surface area contributed by atoms with Gasteiger partial charge >= 0.3 is 0 Å². The van der Waals surface area contributed by atoms with Crippen LogP contribution in [0.5, 0.6) is 0 Å². The Morgan fingerprint density at radius 2 is 2.08 bits per heavy atom. The van der Waals surface area contributed by atoms with Gasteiger partial charge in [0.2, 0.25) is 5.91 Å². The number of benzene rings is 1. The Balaban J connectivity index is 1.63. The Morgan fingerprint density at radius 1 is 1.21 bits per heavy atom. The minimum absolute atomic E-state index is 0.130. The smallest absolute Gasteiger partial charge is 0.245 e. The van der Waals surface area contributed by atoms with Crippen LogP contribution in [0.15, 0.2) is 55.2 Å². The molecule has 0 fully saturated rings. The summed E-state index contributed by atoms with van der Waals surface area (Å²) in [7, 11) is 0. The number of nitrogens with zero attached hydrogens (tertiary/aromatic N) is 6. The van der Waals surface area contributed by atoms with Gasteiger partial charge in [-0.3, -0.25) is 14.8 Å². The van der Waals surface area contributed by atoms with E-state index in [-0.39, 0.29) is 5.91 Å². The molecule has 8 heteroatoms. The highest BCUT2D eigenvalue weighted by Gasteiger charge is 2.21. The number of hydrogen-bond donors (Lipinski definition) is 1. The van der Waals surface area contributed by atoms with Crippen LogP contribution in [0.3, 0.4) is 0 Å².